The molecule has 1 aliphatic heterocycles. The molecule has 6 nitrogen and oxygen atoms in total. The van der Waals surface area contributed by atoms with Crippen LogP contribution < -0.4 is 0 Å². The molecule has 0 aliphatic carbocycles. The number of nitrogens with one attached hydrogen (secondary N) is 1. The molecule has 1 N–H and O–H groups in total. The van der Waals surface area contributed by atoms with Crippen molar-refractivity contribution in [1.29, 1.82) is 0 Å². The SMILES string of the molecule is O=C(CCn1ccnn1)N1CCC=C(c2cc(Cl)c3cc[nH]c3c2F)C1. The van der Waals surface area contributed by atoms with Gasteiger partial charge in [0.15, 0.2) is 5.82 Å². The number of aryl methyl sites for hydroxylation is 1. The molecule has 26 heavy (non-hydrogen) atoms. The van der Waals surface area contributed by atoms with E-state index in [1.54, 1.807) is 40.3 Å². The molecule has 1 aromatic carbocycles. The van der Waals surface area contributed by atoms with Crippen molar-refractivity contribution in [2.75, 3.05) is 13.1 Å². The second-order valence-electron chi connectivity index (χ2n) is 6.24. The molecule has 0 fully saturated rings. The number of H-pyrrole nitrogens is 1. The van der Waals surface area contributed by atoms with Crippen molar-refractivity contribution in [3.63, 3.8) is 0 Å². The number of benzene rings is 1. The van der Waals surface area contributed by atoms with Crippen LogP contribution in [0.4, 0.5) is 4.39 Å². The smallest absolute Gasteiger partial charge is 0.224 e. The molecule has 0 saturated heterocycles. The number of hydrogen-bond acceptors (Lipinski definition) is 3. The lowest BCUT2D eigenvalue weighted by Crippen LogP contribution is -2.36. The van der Waals surface area contributed by atoms with Gasteiger partial charge in [0.1, 0.15) is 0 Å². The van der Waals surface area contributed by atoms with Crippen LogP contribution in [0.1, 0.15) is 18.4 Å². The first kappa shape index (κ1) is 16.8. The van der Waals surface area contributed by atoms with Crippen molar-refractivity contribution in [2.24, 2.45) is 0 Å². The van der Waals surface area contributed by atoms with E-state index in [1.807, 2.05) is 6.08 Å². The third-order valence-corrected chi connectivity index (χ3v) is 4.92. The Hall–Kier alpha value is -2.67. The number of amides is 1. The minimum Gasteiger partial charge on any atom is -0.359 e. The molecule has 0 saturated carbocycles. The number of halogens is 2. The van der Waals surface area contributed by atoms with Crippen molar-refractivity contribution < 1.29 is 9.18 Å². The van der Waals surface area contributed by atoms with Crippen LogP contribution in [0.25, 0.3) is 16.5 Å². The Balaban J connectivity index is 1.52. The van der Waals surface area contributed by atoms with Crippen LogP contribution in [-0.2, 0) is 11.3 Å². The van der Waals surface area contributed by atoms with E-state index >= 15 is 0 Å². The predicted molar refractivity (Wildman–Crippen MR) is 97.1 cm³/mol. The average Bonchev–Trinajstić information content (AvgIpc) is 3.34. The average molecular weight is 374 g/mol. The zero-order chi connectivity index (χ0) is 18.1. The Kier molecular flexibility index (Phi) is 4.46. The molecule has 4 rings (SSSR count). The van der Waals surface area contributed by atoms with E-state index < -0.39 is 0 Å². The highest BCUT2D eigenvalue weighted by molar-refractivity contribution is 6.35. The van der Waals surface area contributed by atoms with E-state index in [0.717, 1.165) is 5.57 Å². The van der Waals surface area contributed by atoms with Gasteiger partial charge in [-0.25, -0.2) is 4.39 Å². The number of aromatic amines is 1. The highest BCUT2D eigenvalue weighted by Crippen LogP contribution is 2.33. The summed E-state index contributed by atoms with van der Waals surface area (Å²) < 4.78 is 16.5. The van der Waals surface area contributed by atoms with Crippen LogP contribution in [0.2, 0.25) is 5.02 Å². The van der Waals surface area contributed by atoms with Gasteiger partial charge in [-0.05, 0) is 24.1 Å². The monoisotopic (exact) mass is 373 g/mol. The van der Waals surface area contributed by atoms with Gasteiger partial charge in [-0.3, -0.25) is 9.48 Å². The fourth-order valence-corrected chi connectivity index (χ4v) is 3.52. The third kappa shape index (κ3) is 3.10. The summed E-state index contributed by atoms with van der Waals surface area (Å²) in [5.74, 6) is -0.323. The third-order valence-electron chi connectivity index (χ3n) is 4.61. The number of nitrogens with zero attached hydrogens (tertiary/aromatic N) is 4. The molecule has 8 heteroatoms. The van der Waals surface area contributed by atoms with Crippen LogP contribution in [0.3, 0.4) is 0 Å². The van der Waals surface area contributed by atoms with E-state index in [2.05, 4.69) is 15.3 Å². The van der Waals surface area contributed by atoms with Crippen molar-refractivity contribution in [3.05, 3.63) is 53.2 Å². The van der Waals surface area contributed by atoms with Gasteiger partial charge in [-0.2, -0.15) is 0 Å². The fraction of sp³-hybridized carbons (Fsp3) is 0.278. The van der Waals surface area contributed by atoms with Crippen LogP contribution in [-0.4, -0.2) is 43.9 Å². The zero-order valence-electron chi connectivity index (χ0n) is 14.0. The number of fused-ring (bicyclic) bond motifs is 1. The quantitative estimate of drug-likeness (QED) is 0.763. The summed E-state index contributed by atoms with van der Waals surface area (Å²) in [4.78, 5) is 17.1. The standard InChI is InChI=1S/C18H17ClFN5O/c19-15-10-14(17(20)18-13(15)3-5-21-18)12-2-1-7-24(11-12)16(26)4-8-25-9-6-22-23-25/h2-3,5-6,9-10,21H,1,4,7-8,11H2. The summed E-state index contributed by atoms with van der Waals surface area (Å²) in [7, 11) is 0. The van der Waals surface area contributed by atoms with Crippen molar-refractivity contribution >= 4 is 34.0 Å². The first-order valence-corrected chi connectivity index (χ1v) is 8.77. The maximum absolute atomic E-state index is 14.9. The summed E-state index contributed by atoms with van der Waals surface area (Å²) in [5, 5.41) is 8.73. The van der Waals surface area contributed by atoms with Gasteiger partial charge in [0.2, 0.25) is 5.91 Å². The Bertz CT molecular complexity index is 979. The predicted octanol–water partition coefficient (Wildman–Crippen LogP) is 3.26. The second-order valence-corrected chi connectivity index (χ2v) is 6.64. The van der Waals surface area contributed by atoms with Crippen LogP contribution in [0.15, 0.2) is 36.8 Å². The molecule has 1 aliphatic rings. The van der Waals surface area contributed by atoms with E-state index in [-0.39, 0.29) is 11.7 Å². The van der Waals surface area contributed by atoms with E-state index in [4.69, 9.17) is 11.6 Å². The van der Waals surface area contributed by atoms with E-state index in [1.165, 1.54) is 0 Å². The fourth-order valence-electron chi connectivity index (χ4n) is 3.26. The summed E-state index contributed by atoms with van der Waals surface area (Å²) in [6, 6.07) is 3.39. The molecule has 0 unspecified atom stereocenters. The van der Waals surface area contributed by atoms with Gasteiger partial charge in [0.05, 0.1) is 23.3 Å². The topological polar surface area (TPSA) is 66.8 Å². The number of aromatic nitrogens is 4. The molecule has 134 valence electrons. The summed E-state index contributed by atoms with van der Waals surface area (Å²) >= 11 is 6.29. The number of hydrogen-bond donors (Lipinski definition) is 1. The Morgan fingerprint density at radius 1 is 1.42 bits per heavy atom. The number of rotatable bonds is 4. The van der Waals surface area contributed by atoms with Gasteiger partial charge < -0.3 is 9.88 Å². The highest BCUT2D eigenvalue weighted by atomic mass is 35.5. The Morgan fingerprint density at radius 2 is 2.31 bits per heavy atom. The molecule has 3 heterocycles. The molecular weight excluding hydrogens is 357 g/mol. The molecule has 2 aromatic heterocycles. The highest BCUT2D eigenvalue weighted by Gasteiger charge is 2.22. The van der Waals surface area contributed by atoms with Gasteiger partial charge in [0.25, 0.3) is 0 Å². The van der Waals surface area contributed by atoms with Gasteiger partial charge in [-0.15, -0.1) is 5.10 Å². The molecule has 0 bridgehead atoms. The maximum Gasteiger partial charge on any atom is 0.224 e. The van der Waals surface area contributed by atoms with Gasteiger partial charge >= 0.3 is 0 Å². The van der Waals surface area contributed by atoms with Crippen LogP contribution in [0, 0.1) is 5.82 Å². The molecule has 0 radical (unpaired) electrons. The largest absolute Gasteiger partial charge is 0.359 e. The minimum absolute atomic E-state index is 0.0126. The second kappa shape index (κ2) is 6.92. The van der Waals surface area contributed by atoms with Crippen LogP contribution >= 0.6 is 11.6 Å². The van der Waals surface area contributed by atoms with Crippen LogP contribution in [0.5, 0.6) is 0 Å². The van der Waals surface area contributed by atoms with E-state index in [9.17, 15) is 9.18 Å². The van der Waals surface area contributed by atoms with E-state index in [0.29, 0.717) is 54.0 Å². The maximum atomic E-state index is 14.9. The molecule has 1 amide bonds. The first-order valence-electron chi connectivity index (χ1n) is 8.40. The normalized spacial score (nSPS) is 14.7. The lowest BCUT2D eigenvalue weighted by Gasteiger charge is -2.28. The first-order chi connectivity index (χ1) is 12.6. The summed E-state index contributed by atoms with van der Waals surface area (Å²) in [6.45, 7) is 1.47. The molecular formula is C18H17ClFN5O. The summed E-state index contributed by atoms with van der Waals surface area (Å²) in [6.07, 6.45) is 7.95. The van der Waals surface area contributed by atoms with Gasteiger partial charge in [-0.1, -0.05) is 22.9 Å². The molecule has 0 spiro atoms. The molecule has 3 aromatic rings. The van der Waals surface area contributed by atoms with Crippen molar-refractivity contribution in [3.8, 4) is 0 Å². The van der Waals surface area contributed by atoms with Crippen molar-refractivity contribution in [1.82, 2.24) is 24.9 Å². The Labute approximate surface area is 154 Å². The number of carbonyl (C=O) groups excluding carboxylic acids is 1. The number of carbonyl (C=O) groups is 1. The Morgan fingerprint density at radius 3 is 3.12 bits per heavy atom. The lowest BCUT2D eigenvalue weighted by molar-refractivity contribution is -0.131. The lowest BCUT2D eigenvalue weighted by atomic mass is 9.99. The zero-order valence-corrected chi connectivity index (χ0v) is 14.7. The van der Waals surface area contributed by atoms with Crippen molar-refractivity contribution in [2.45, 2.75) is 19.4 Å². The summed E-state index contributed by atoms with van der Waals surface area (Å²) in [5.41, 5.74) is 1.61. The minimum atomic E-state index is -0.336. The molecule has 0 atom stereocenters. The van der Waals surface area contributed by atoms with Gasteiger partial charge in [0, 0.05) is 42.9 Å².